The molecule has 3 unspecified atom stereocenters. The summed E-state index contributed by atoms with van der Waals surface area (Å²) in [6.45, 7) is 1.62. The number of hydrogen-bond acceptors (Lipinski definition) is 2. The molecule has 0 aromatic heterocycles. The summed E-state index contributed by atoms with van der Waals surface area (Å²) in [6, 6.07) is 0.722. The van der Waals surface area contributed by atoms with E-state index in [1.54, 1.807) is 0 Å². The van der Waals surface area contributed by atoms with Crippen molar-refractivity contribution in [3.63, 3.8) is 0 Å². The van der Waals surface area contributed by atoms with Gasteiger partial charge in [0, 0.05) is 25.1 Å². The van der Waals surface area contributed by atoms with Gasteiger partial charge in [-0.25, -0.2) is 0 Å². The minimum absolute atomic E-state index is 0.402. The predicted octanol–water partition coefficient (Wildman–Crippen LogP) is -0.0712. The first kappa shape index (κ1) is 5.69. The normalized spacial score (nSPS) is 49.3. The maximum Gasteiger partial charge on any atom is 0.0477 e. The fourth-order valence-electron chi connectivity index (χ4n) is 2.27. The van der Waals surface area contributed by atoms with Gasteiger partial charge in [0.05, 0.1) is 0 Å². The van der Waals surface area contributed by atoms with Crippen molar-refractivity contribution in [1.29, 1.82) is 0 Å². The first-order chi connectivity index (χ1) is 4.33. The zero-order chi connectivity index (χ0) is 6.43. The number of aliphatic hydroxyl groups is 1. The minimum Gasteiger partial charge on any atom is -0.396 e. The van der Waals surface area contributed by atoms with E-state index in [9.17, 15) is 0 Å². The lowest BCUT2D eigenvalue weighted by Crippen LogP contribution is -2.39. The molecule has 3 rings (SSSR count). The number of fused-ring (bicyclic) bond motifs is 1. The smallest absolute Gasteiger partial charge is 0.0477 e. The van der Waals surface area contributed by atoms with Crippen LogP contribution in [0.25, 0.3) is 0 Å². The molecular formula is C7H13NO. The van der Waals surface area contributed by atoms with E-state index in [1.807, 2.05) is 0 Å². The first-order valence-electron chi connectivity index (χ1n) is 3.64. The topological polar surface area (TPSA) is 23.5 Å². The molecule has 0 aromatic rings. The highest BCUT2D eigenvalue weighted by Gasteiger charge is 2.49. The van der Waals surface area contributed by atoms with Gasteiger partial charge in [-0.15, -0.1) is 0 Å². The van der Waals surface area contributed by atoms with Crippen LogP contribution in [0.1, 0.15) is 6.42 Å². The van der Waals surface area contributed by atoms with Gasteiger partial charge in [-0.3, -0.25) is 0 Å². The summed E-state index contributed by atoms with van der Waals surface area (Å²) in [5, 5.41) is 8.86. The van der Waals surface area contributed by atoms with Crippen molar-refractivity contribution in [1.82, 2.24) is 4.90 Å². The fourth-order valence-corrected chi connectivity index (χ4v) is 2.27. The van der Waals surface area contributed by atoms with Gasteiger partial charge in [0.1, 0.15) is 0 Å². The maximum atomic E-state index is 8.86. The molecule has 2 heterocycles. The number of nitrogens with zero attached hydrogens (tertiary/aromatic N) is 1. The fraction of sp³-hybridized carbons (Fsp3) is 1.00. The molecule has 1 aliphatic carbocycles. The molecule has 1 saturated carbocycles. The second-order valence-corrected chi connectivity index (χ2v) is 3.35. The average Bonchev–Trinajstić information content (AvgIpc) is 2.22. The molecule has 2 nitrogen and oxygen atoms in total. The molecule has 0 amide bonds. The summed E-state index contributed by atoms with van der Waals surface area (Å²) in [7, 11) is 2.15. The summed E-state index contributed by atoms with van der Waals surface area (Å²) < 4.78 is 0. The van der Waals surface area contributed by atoms with Crippen molar-refractivity contribution in [2.75, 3.05) is 20.2 Å². The Balaban J connectivity index is 2.04. The van der Waals surface area contributed by atoms with Gasteiger partial charge in [0.25, 0.3) is 0 Å². The highest BCUT2D eigenvalue weighted by molar-refractivity contribution is 5.02. The lowest BCUT2D eigenvalue weighted by atomic mass is 9.74. The van der Waals surface area contributed by atoms with Crippen molar-refractivity contribution >= 4 is 0 Å². The Morgan fingerprint density at radius 3 is 2.67 bits per heavy atom. The lowest BCUT2D eigenvalue weighted by Gasteiger charge is -2.34. The Kier molecular flexibility index (Phi) is 1.08. The van der Waals surface area contributed by atoms with Crippen LogP contribution >= 0.6 is 0 Å². The highest BCUT2D eigenvalue weighted by Crippen LogP contribution is 2.44. The molecule has 0 radical (unpaired) electrons. The summed E-state index contributed by atoms with van der Waals surface area (Å²) in [6.07, 6.45) is 1.34. The van der Waals surface area contributed by atoms with Crippen molar-refractivity contribution in [3.05, 3.63) is 0 Å². The van der Waals surface area contributed by atoms with Crippen molar-refractivity contribution in [2.45, 2.75) is 12.5 Å². The van der Waals surface area contributed by atoms with Gasteiger partial charge >= 0.3 is 0 Å². The Morgan fingerprint density at radius 2 is 2.44 bits per heavy atom. The minimum atomic E-state index is 0.402. The Labute approximate surface area is 55.5 Å². The summed E-state index contributed by atoms with van der Waals surface area (Å²) >= 11 is 0. The molecule has 2 aliphatic heterocycles. The van der Waals surface area contributed by atoms with E-state index in [0.717, 1.165) is 12.0 Å². The molecule has 3 atom stereocenters. The molecule has 2 bridgehead atoms. The Bertz CT molecular complexity index is 126. The van der Waals surface area contributed by atoms with Gasteiger partial charge < -0.3 is 10.0 Å². The van der Waals surface area contributed by atoms with E-state index in [-0.39, 0.29) is 0 Å². The van der Waals surface area contributed by atoms with Crippen LogP contribution in [0.3, 0.4) is 0 Å². The standard InChI is InChI=1S/C7H13NO/c1-8-3-5-2-7(8)6(5)4-9/h5-7,9H,2-4H2,1H3. The zero-order valence-corrected chi connectivity index (χ0v) is 5.75. The number of aliphatic hydroxyl groups excluding tert-OH is 1. The quantitative estimate of drug-likeness (QED) is 0.533. The molecule has 2 heteroatoms. The summed E-state index contributed by atoms with van der Waals surface area (Å²) in [4.78, 5) is 2.37. The van der Waals surface area contributed by atoms with Crippen LogP contribution in [0.5, 0.6) is 0 Å². The number of rotatable bonds is 1. The van der Waals surface area contributed by atoms with E-state index in [0.29, 0.717) is 12.5 Å². The van der Waals surface area contributed by atoms with E-state index in [4.69, 9.17) is 5.11 Å². The van der Waals surface area contributed by atoms with Crippen molar-refractivity contribution in [2.24, 2.45) is 11.8 Å². The average molecular weight is 127 g/mol. The second-order valence-electron chi connectivity index (χ2n) is 3.35. The predicted molar refractivity (Wildman–Crippen MR) is 35.1 cm³/mol. The third-order valence-electron chi connectivity index (χ3n) is 2.94. The van der Waals surface area contributed by atoms with Gasteiger partial charge in [-0.1, -0.05) is 0 Å². The van der Waals surface area contributed by atoms with Crippen molar-refractivity contribution in [3.8, 4) is 0 Å². The molecule has 0 spiro atoms. The molecule has 52 valence electrons. The lowest BCUT2D eigenvalue weighted by molar-refractivity contribution is 0.0919. The largest absolute Gasteiger partial charge is 0.396 e. The van der Waals surface area contributed by atoms with Crippen LogP contribution in [-0.2, 0) is 0 Å². The van der Waals surface area contributed by atoms with Gasteiger partial charge in [0.15, 0.2) is 0 Å². The monoisotopic (exact) mass is 127 g/mol. The third kappa shape index (κ3) is 0.578. The molecular weight excluding hydrogens is 114 g/mol. The molecule has 3 aliphatic rings. The summed E-state index contributed by atoms with van der Waals surface area (Å²) in [5.41, 5.74) is 0. The Morgan fingerprint density at radius 1 is 1.67 bits per heavy atom. The second kappa shape index (κ2) is 1.70. The maximum absolute atomic E-state index is 8.86. The van der Waals surface area contributed by atoms with Gasteiger partial charge in [-0.2, -0.15) is 0 Å². The molecule has 0 aromatic carbocycles. The molecule has 2 saturated heterocycles. The van der Waals surface area contributed by atoms with Gasteiger partial charge in [0.2, 0.25) is 0 Å². The SMILES string of the molecule is CN1CC2CC1C2CO. The third-order valence-corrected chi connectivity index (χ3v) is 2.94. The number of hydrogen-bond donors (Lipinski definition) is 1. The summed E-state index contributed by atoms with van der Waals surface area (Å²) in [5.74, 6) is 1.44. The highest BCUT2D eigenvalue weighted by atomic mass is 16.3. The van der Waals surface area contributed by atoms with Crippen LogP contribution in [0.15, 0.2) is 0 Å². The van der Waals surface area contributed by atoms with E-state index in [2.05, 4.69) is 11.9 Å². The van der Waals surface area contributed by atoms with Crippen molar-refractivity contribution < 1.29 is 5.11 Å². The van der Waals surface area contributed by atoms with Crippen LogP contribution in [0, 0.1) is 11.8 Å². The molecule has 1 N–H and O–H groups in total. The zero-order valence-electron chi connectivity index (χ0n) is 5.75. The first-order valence-corrected chi connectivity index (χ1v) is 3.64. The van der Waals surface area contributed by atoms with Gasteiger partial charge in [-0.05, 0) is 19.4 Å². The molecule has 9 heavy (non-hydrogen) atoms. The Hall–Kier alpha value is -0.0800. The molecule has 3 fully saturated rings. The van der Waals surface area contributed by atoms with E-state index in [1.165, 1.54) is 13.0 Å². The van der Waals surface area contributed by atoms with E-state index < -0.39 is 0 Å². The van der Waals surface area contributed by atoms with Crippen LogP contribution < -0.4 is 0 Å². The van der Waals surface area contributed by atoms with E-state index >= 15 is 0 Å². The van der Waals surface area contributed by atoms with Crippen LogP contribution in [0.4, 0.5) is 0 Å². The van der Waals surface area contributed by atoms with Crippen LogP contribution in [-0.4, -0.2) is 36.2 Å². The van der Waals surface area contributed by atoms with Crippen LogP contribution in [0.2, 0.25) is 0 Å².